The number of benzene rings is 1. The summed E-state index contributed by atoms with van der Waals surface area (Å²) in [6.45, 7) is 1.19. The number of ether oxygens (including phenoxy) is 1. The second-order valence-electron chi connectivity index (χ2n) is 3.87. The Labute approximate surface area is 130 Å². The van der Waals surface area contributed by atoms with Crippen LogP contribution < -0.4 is 4.74 Å². The van der Waals surface area contributed by atoms with Crippen LogP contribution in [0.25, 0.3) is 6.08 Å². The molecule has 0 saturated heterocycles. The molecule has 1 aromatic carbocycles. The van der Waals surface area contributed by atoms with E-state index in [2.05, 4.69) is 0 Å². The molecule has 0 atom stereocenters. The van der Waals surface area contributed by atoms with Crippen molar-refractivity contribution in [1.82, 2.24) is 0 Å². The fourth-order valence-electron chi connectivity index (χ4n) is 1.43. The van der Waals surface area contributed by atoms with Crippen molar-refractivity contribution in [2.24, 2.45) is 0 Å². The molecule has 0 aromatic heterocycles. The molecule has 108 valence electrons. The van der Waals surface area contributed by atoms with Gasteiger partial charge in [0.2, 0.25) is 5.78 Å². The molecular formula is C13H11Cl3O4. The highest BCUT2D eigenvalue weighted by atomic mass is 35.6. The van der Waals surface area contributed by atoms with Crippen molar-refractivity contribution < 1.29 is 19.4 Å². The van der Waals surface area contributed by atoms with E-state index in [4.69, 9.17) is 39.5 Å². The number of ketones is 2. The van der Waals surface area contributed by atoms with Gasteiger partial charge in [-0.3, -0.25) is 9.59 Å². The summed E-state index contributed by atoms with van der Waals surface area (Å²) in [5.74, 6) is -1.32. The summed E-state index contributed by atoms with van der Waals surface area (Å²) in [7, 11) is 1.38. The first-order valence-corrected chi connectivity index (χ1v) is 6.51. The van der Waals surface area contributed by atoms with Crippen molar-refractivity contribution in [1.29, 1.82) is 0 Å². The topological polar surface area (TPSA) is 63.6 Å². The van der Waals surface area contributed by atoms with Crippen LogP contribution in [0, 0.1) is 0 Å². The van der Waals surface area contributed by atoms with Crippen LogP contribution in [0.3, 0.4) is 0 Å². The van der Waals surface area contributed by atoms with Gasteiger partial charge in [0.25, 0.3) is 3.79 Å². The molecule has 0 heterocycles. The maximum Gasteiger partial charge on any atom is 0.253 e. The highest BCUT2D eigenvalue weighted by Gasteiger charge is 2.34. The van der Waals surface area contributed by atoms with Crippen LogP contribution in [0.1, 0.15) is 12.5 Å². The van der Waals surface area contributed by atoms with Crippen LogP contribution in [-0.2, 0) is 9.59 Å². The molecule has 4 nitrogen and oxygen atoms in total. The lowest BCUT2D eigenvalue weighted by Gasteiger charge is -2.11. The molecule has 0 aliphatic carbocycles. The fraction of sp³-hybridized carbons (Fsp3) is 0.231. The molecule has 0 fully saturated rings. The zero-order chi connectivity index (χ0) is 15.5. The van der Waals surface area contributed by atoms with E-state index in [1.807, 2.05) is 0 Å². The number of Topliss-reactive ketones (excluding diaryl/α,β-unsaturated/α-hetero) is 2. The number of rotatable bonds is 4. The van der Waals surface area contributed by atoms with E-state index >= 15 is 0 Å². The number of carbonyl (C=O) groups excluding carboxylic acids is 2. The number of phenolic OH excluding ortho intramolecular Hbond substituents is 1. The number of aromatic hydroxyl groups is 1. The Balaban J connectivity index is 3.29. The van der Waals surface area contributed by atoms with E-state index in [1.165, 1.54) is 38.3 Å². The van der Waals surface area contributed by atoms with E-state index in [1.54, 1.807) is 0 Å². The third-order valence-electron chi connectivity index (χ3n) is 2.40. The molecule has 7 heteroatoms. The normalized spacial score (nSPS) is 12.2. The van der Waals surface area contributed by atoms with Crippen molar-refractivity contribution in [2.75, 3.05) is 7.11 Å². The van der Waals surface area contributed by atoms with E-state index in [0.717, 1.165) is 0 Å². The van der Waals surface area contributed by atoms with Gasteiger partial charge in [-0.25, -0.2) is 0 Å². The lowest BCUT2D eigenvalue weighted by atomic mass is 10.0. The zero-order valence-electron chi connectivity index (χ0n) is 10.6. The summed E-state index contributed by atoms with van der Waals surface area (Å²) in [6, 6.07) is 4.30. The molecule has 0 bridgehead atoms. The number of methoxy groups -OCH3 is 1. The Hall–Kier alpha value is -1.23. The van der Waals surface area contributed by atoms with Gasteiger partial charge in [-0.1, -0.05) is 40.9 Å². The smallest absolute Gasteiger partial charge is 0.253 e. The number of hydrogen-bond donors (Lipinski definition) is 1. The highest BCUT2D eigenvalue weighted by molar-refractivity contribution is 6.78. The Morgan fingerprint density at radius 1 is 1.30 bits per heavy atom. The minimum atomic E-state index is -2.21. The maximum atomic E-state index is 11.9. The van der Waals surface area contributed by atoms with E-state index in [9.17, 15) is 14.7 Å². The van der Waals surface area contributed by atoms with Crippen LogP contribution in [0.15, 0.2) is 23.8 Å². The summed E-state index contributed by atoms with van der Waals surface area (Å²) in [4.78, 5) is 23.4. The van der Waals surface area contributed by atoms with Crippen LogP contribution in [-0.4, -0.2) is 27.6 Å². The van der Waals surface area contributed by atoms with Gasteiger partial charge < -0.3 is 9.84 Å². The first kappa shape index (κ1) is 16.8. The molecule has 0 aliphatic rings. The number of allylic oxidation sites excluding steroid dienone is 1. The van der Waals surface area contributed by atoms with Crippen molar-refractivity contribution in [2.45, 2.75) is 10.7 Å². The van der Waals surface area contributed by atoms with Crippen LogP contribution in [0.2, 0.25) is 0 Å². The molecule has 0 spiro atoms. The monoisotopic (exact) mass is 336 g/mol. The maximum absolute atomic E-state index is 11.9. The average molecular weight is 338 g/mol. The lowest BCUT2D eigenvalue weighted by molar-refractivity contribution is -0.119. The van der Waals surface area contributed by atoms with E-state index < -0.39 is 15.4 Å². The van der Waals surface area contributed by atoms with Crippen molar-refractivity contribution >= 4 is 52.4 Å². The molecule has 0 unspecified atom stereocenters. The quantitative estimate of drug-likeness (QED) is 0.396. The molecule has 1 N–H and O–H groups in total. The standard InChI is InChI=1S/C13H11Cl3O4/c1-7(17)9(12(19)13(14,15)16)5-8-3-4-10(18)11(6-8)20-2/h3-6,18H,1-2H3/b9-5+. The number of hydrogen-bond acceptors (Lipinski definition) is 4. The van der Waals surface area contributed by atoms with Gasteiger partial charge in [0.15, 0.2) is 17.3 Å². The van der Waals surface area contributed by atoms with E-state index in [0.29, 0.717) is 5.56 Å². The van der Waals surface area contributed by atoms with Crippen LogP contribution in [0.5, 0.6) is 11.5 Å². The SMILES string of the molecule is COc1cc(/C=C(\C(C)=O)C(=O)C(Cl)(Cl)Cl)ccc1O. The first-order chi connectivity index (χ1) is 9.16. The third kappa shape index (κ3) is 4.13. The Morgan fingerprint density at radius 2 is 1.90 bits per heavy atom. The van der Waals surface area contributed by atoms with Gasteiger partial charge in [0.05, 0.1) is 12.7 Å². The summed E-state index contributed by atoms with van der Waals surface area (Å²) < 4.78 is 2.72. The van der Waals surface area contributed by atoms with Gasteiger partial charge >= 0.3 is 0 Å². The van der Waals surface area contributed by atoms with Crippen molar-refractivity contribution in [3.63, 3.8) is 0 Å². The fourth-order valence-corrected chi connectivity index (χ4v) is 1.74. The summed E-state index contributed by atoms with van der Waals surface area (Å²) in [5, 5.41) is 9.47. The third-order valence-corrected chi connectivity index (χ3v) is 2.91. The molecule has 0 radical (unpaired) electrons. The Kier molecular flexibility index (Phi) is 5.45. The highest BCUT2D eigenvalue weighted by Crippen LogP contribution is 2.32. The number of halogens is 3. The molecule has 1 aromatic rings. The summed E-state index contributed by atoms with van der Waals surface area (Å²) in [5.41, 5.74) is 0.199. The Bertz CT molecular complexity index is 573. The zero-order valence-corrected chi connectivity index (χ0v) is 12.9. The lowest BCUT2D eigenvalue weighted by Crippen LogP contribution is -2.24. The van der Waals surface area contributed by atoms with Gasteiger partial charge in [0, 0.05) is 0 Å². The molecular weight excluding hydrogens is 326 g/mol. The van der Waals surface area contributed by atoms with Crippen LogP contribution in [0.4, 0.5) is 0 Å². The second-order valence-corrected chi connectivity index (χ2v) is 6.15. The molecule has 20 heavy (non-hydrogen) atoms. The molecule has 0 aliphatic heterocycles. The largest absolute Gasteiger partial charge is 0.504 e. The molecule has 0 amide bonds. The van der Waals surface area contributed by atoms with Crippen LogP contribution >= 0.6 is 34.8 Å². The number of carbonyl (C=O) groups is 2. The first-order valence-electron chi connectivity index (χ1n) is 5.38. The summed E-state index contributed by atoms with van der Waals surface area (Å²) in [6.07, 6.45) is 1.27. The van der Waals surface area contributed by atoms with Crippen molar-refractivity contribution in [3.05, 3.63) is 29.3 Å². The van der Waals surface area contributed by atoms with Crippen molar-refractivity contribution in [3.8, 4) is 11.5 Å². The molecule has 0 saturated carbocycles. The number of phenols is 1. The second kappa shape index (κ2) is 6.48. The van der Waals surface area contributed by atoms with Gasteiger partial charge in [-0.2, -0.15) is 0 Å². The van der Waals surface area contributed by atoms with Gasteiger partial charge in [-0.05, 0) is 30.7 Å². The number of alkyl halides is 3. The predicted octanol–water partition coefficient (Wildman–Crippen LogP) is 3.31. The van der Waals surface area contributed by atoms with E-state index in [-0.39, 0.29) is 17.1 Å². The Morgan fingerprint density at radius 3 is 2.35 bits per heavy atom. The molecule has 1 rings (SSSR count). The minimum Gasteiger partial charge on any atom is -0.504 e. The predicted molar refractivity (Wildman–Crippen MR) is 78.6 cm³/mol. The average Bonchev–Trinajstić information content (AvgIpc) is 2.35. The minimum absolute atomic E-state index is 0.0678. The van der Waals surface area contributed by atoms with Gasteiger partial charge in [0.1, 0.15) is 0 Å². The van der Waals surface area contributed by atoms with Gasteiger partial charge in [-0.15, -0.1) is 0 Å². The summed E-state index contributed by atoms with van der Waals surface area (Å²) >= 11 is 16.5.